The van der Waals surface area contributed by atoms with Crippen molar-refractivity contribution in [3.8, 4) is 56.4 Å². The zero-order valence-electron chi connectivity index (χ0n) is 65.9. The van der Waals surface area contributed by atoms with Crippen molar-refractivity contribution in [3.63, 3.8) is 0 Å². The van der Waals surface area contributed by atoms with E-state index in [9.17, 15) is 93.3 Å². The Morgan fingerprint density at radius 2 is 0.738 bits per heavy atom. The van der Waals surface area contributed by atoms with Gasteiger partial charge in [0.15, 0.2) is 0 Å². The molecule has 1 saturated heterocycles. The quantitative estimate of drug-likeness (QED) is 0.0301. The maximum atomic E-state index is 14.1. The number of carbonyl (C=O) groups is 1. The second kappa shape index (κ2) is 47.3. The van der Waals surface area contributed by atoms with E-state index in [0.717, 1.165) is 70.8 Å². The van der Waals surface area contributed by atoms with E-state index < -0.39 is 114 Å². The summed E-state index contributed by atoms with van der Waals surface area (Å²) in [6.45, 7) is 17.5. The number of methoxy groups -OCH3 is 4. The summed E-state index contributed by atoms with van der Waals surface area (Å²) in [5.41, 5.74) is 2.87. The van der Waals surface area contributed by atoms with Gasteiger partial charge in [-0.2, -0.15) is 65.9 Å². The fourth-order valence-corrected chi connectivity index (χ4v) is 12.7. The second-order valence-electron chi connectivity index (χ2n) is 28.0. The van der Waals surface area contributed by atoms with Crippen LogP contribution in [0.15, 0.2) is 140 Å². The molecule has 9 aromatic carbocycles. The van der Waals surface area contributed by atoms with E-state index in [1.807, 2.05) is 66.7 Å². The van der Waals surface area contributed by atoms with Gasteiger partial charge in [0.05, 0.1) is 75.9 Å². The Balaban J connectivity index is 0.000000735. The summed E-state index contributed by atoms with van der Waals surface area (Å²) in [5.74, 6) is -1.43. The Morgan fingerprint density at radius 3 is 1.07 bits per heavy atom. The van der Waals surface area contributed by atoms with E-state index in [1.54, 1.807) is 27.0 Å². The predicted octanol–water partition coefficient (Wildman–Crippen LogP) is 27.6. The topological polar surface area (TPSA) is 144 Å². The van der Waals surface area contributed by atoms with Gasteiger partial charge >= 0.3 is 44.0 Å². The molecule has 4 N–H and O–H groups in total. The fourth-order valence-electron chi connectivity index (χ4n) is 12.1. The Labute approximate surface area is 715 Å². The molecule has 0 spiro atoms. The lowest BCUT2D eigenvalue weighted by Crippen LogP contribution is -2.32. The van der Waals surface area contributed by atoms with E-state index in [1.165, 1.54) is 70.7 Å². The van der Waals surface area contributed by atoms with Crippen molar-refractivity contribution in [3.05, 3.63) is 251 Å². The molecule has 10 rings (SSSR count). The highest BCUT2D eigenvalue weighted by Crippen LogP contribution is 2.46. The minimum atomic E-state index is -4.91. The van der Waals surface area contributed by atoms with Gasteiger partial charge in [0.2, 0.25) is 0 Å². The van der Waals surface area contributed by atoms with Crippen molar-refractivity contribution < 1.29 is 132 Å². The summed E-state index contributed by atoms with van der Waals surface area (Å²) in [6, 6.07) is 28.0. The molecule has 2 atom stereocenters. The summed E-state index contributed by atoms with van der Waals surface area (Å²) >= 11 is 17.4. The fraction of sp³-hybridized carbons (Fsp3) is 0.382. The molecule has 1 aliphatic rings. The molecule has 0 aromatic heterocycles. The second-order valence-corrected chi connectivity index (χ2v) is 29.0. The highest BCUT2D eigenvalue weighted by molar-refractivity contribution is 6.59. The molecule has 674 valence electrons. The van der Waals surface area contributed by atoms with Gasteiger partial charge in [-0.3, -0.25) is 4.79 Å². The lowest BCUT2D eigenvalue weighted by atomic mass is 9.77. The highest BCUT2D eigenvalue weighted by atomic mass is 35.5. The smallest absolute Gasteiger partial charge is 0.492 e. The third-order valence-electron chi connectivity index (χ3n) is 18.3. The van der Waals surface area contributed by atoms with Crippen molar-refractivity contribution in [1.82, 2.24) is 0 Å². The molecule has 0 radical (unpaired) electrons. The molecule has 1 aliphatic heterocycles. The number of cyclic esters (lactones) is 1. The normalized spacial score (nSPS) is 13.1. The van der Waals surface area contributed by atoms with E-state index in [0.29, 0.717) is 73.8 Å². The van der Waals surface area contributed by atoms with Crippen molar-refractivity contribution in [1.29, 1.82) is 0 Å². The third-order valence-corrected chi connectivity index (χ3v) is 19.2. The van der Waals surface area contributed by atoms with Crippen LogP contribution in [-0.4, -0.2) is 61.8 Å². The number of esters is 1. The predicted molar refractivity (Wildman–Crippen MR) is 442 cm³/mol. The molecular formula is C89H101BCl3F19O10. The van der Waals surface area contributed by atoms with Crippen LogP contribution >= 0.6 is 34.8 Å². The number of hydrogen-bond acceptors (Lipinski definition) is 10. The Hall–Kier alpha value is -8.91. The monoisotopic (exact) mass is 1810 g/mol. The van der Waals surface area contributed by atoms with Crippen LogP contribution in [0.4, 0.5) is 83.4 Å². The van der Waals surface area contributed by atoms with Crippen LogP contribution in [0.1, 0.15) is 212 Å². The minimum Gasteiger partial charge on any atom is -0.497 e. The molecule has 0 saturated carbocycles. The first-order valence-corrected chi connectivity index (χ1v) is 37.2. The molecule has 1 fully saturated rings. The van der Waals surface area contributed by atoms with Crippen LogP contribution in [0, 0.1) is 36.1 Å². The maximum absolute atomic E-state index is 14.1. The summed E-state index contributed by atoms with van der Waals surface area (Å²) < 4.78 is 272. The standard InChI is InChI=1S/C18H17ClF4O.C18H20ClFO.C18H18F4O2.C13H10F6O2.C10H14BFO3.C8H6ClF3O.4CH4/c1-10(2)14-7-15(17(24-3)8-16(14)20)13-5-4-12(18(21,22)23)6-11(13)9-19;1-11(2)15-8-16(18(21-4)9-17(15)20)14-6-5-12(3)7-13(14)10-19;1-10(2)13-7-15(17(24-3)8-16(13)19)14-6-12(18(20,21)22)5-4-11(14)9-23;1-6-2-10(20)21-11(6)7-3-8(12(14,15)16)5-9(4-7)13(17,18)19;1-6(2)7-4-8(11(13)14)10(15-3)5-9(7)12;9-7-2-1-6(8(10,11)12)3-5(7)4-13;;;;/h4-8,10H,9H2,1-3H3;5-9,11H,10H2,1-4H3;4-8,10,23H,9H2,1-3H3;3-6,11H,2H2,1H3;4-6,13-14H,1-3H3;1-3,13H,4H2;4*1H4/t;;;6-,11+;;;;;;/m...1....../s1. The third kappa shape index (κ3) is 29.7. The molecule has 0 amide bonds. The number of rotatable bonds is 17. The van der Waals surface area contributed by atoms with Crippen molar-refractivity contribution in [2.75, 3.05) is 28.4 Å². The number of aliphatic hydroxyl groups excluding tert-OH is 2. The van der Waals surface area contributed by atoms with Crippen LogP contribution in [-0.2, 0) is 65.4 Å². The number of hydrogen-bond donors (Lipinski definition) is 4. The first-order chi connectivity index (χ1) is 54.7. The minimum absolute atomic E-state index is 0. The first-order valence-electron chi connectivity index (χ1n) is 35.8. The molecule has 0 aliphatic carbocycles. The summed E-state index contributed by atoms with van der Waals surface area (Å²) in [6.07, 6.45) is -24.3. The molecule has 122 heavy (non-hydrogen) atoms. The van der Waals surface area contributed by atoms with Gasteiger partial charge in [-0.05, 0) is 176 Å². The van der Waals surface area contributed by atoms with Gasteiger partial charge in [0.25, 0.3) is 0 Å². The molecular weight excluding hydrogens is 1710 g/mol. The van der Waals surface area contributed by atoms with Gasteiger partial charge in [0.1, 0.15) is 52.4 Å². The van der Waals surface area contributed by atoms with Crippen LogP contribution in [0.2, 0.25) is 5.02 Å². The summed E-state index contributed by atoms with van der Waals surface area (Å²) in [4.78, 5) is 11.1. The van der Waals surface area contributed by atoms with Crippen LogP contribution < -0.4 is 24.4 Å². The lowest BCUT2D eigenvalue weighted by molar-refractivity contribution is -0.144. The van der Waals surface area contributed by atoms with Crippen molar-refractivity contribution in [2.24, 2.45) is 5.92 Å². The zero-order chi connectivity index (χ0) is 89.4. The lowest BCUT2D eigenvalue weighted by Gasteiger charge is -2.19. The van der Waals surface area contributed by atoms with E-state index >= 15 is 0 Å². The maximum Gasteiger partial charge on any atom is 0.492 e. The summed E-state index contributed by atoms with van der Waals surface area (Å²) in [5, 5.41) is 36.4. The van der Waals surface area contributed by atoms with E-state index in [2.05, 4.69) is 6.07 Å². The highest BCUT2D eigenvalue weighted by Gasteiger charge is 2.41. The summed E-state index contributed by atoms with van der Waals surface area (Å²) in [7, 11) is 3.97. The number of ether oxygens (including phenoxy) is 5. The van der Waals surface area contributed by atoms with E-state index in [-0.39, 0.29) is 122 Å². The Morgan fingerprint density at radius 1 is 0.410 bits per heavy atom. The largest absolute Gasteiger partial charge is 0.497 e. The van der Waals surface area contributed by atoms with Gasteiger partial charge in [-0.1, -0.05) is 146 Å². The number of benzene rings is 9. The molecule has 10 nitrogen and oxygen atoms in total. The first kappa shape index (κ1) is 111. The van der Waals surface area contributed by atoms with Gasteiger partial charge in [-0.15, -0.1) is 23.2 Å². The molecule has 33 heteroatoms. The van der Waals surface area contributed by atoms with Gasteiger partial charge in [-0.25, -0.2) is 17.6 Å². The molecule has 0 unspecified atom stereocenters. The molecule has 1 heterocycles. The SMILES string of the molecule is C.C.C.C.COc1cc(F)c(C(C)C)cc1-c1cc(C(F)(F)F)ccc1CO.COc1cc(F)c(C(C)C)cc1-c1ccc(C(F)(F)F)cc1CCl.COc1cc(F)c(C(C)C)cc1-c1ccc(C)cc1CCl.COc1cc(F)c(C(C)C)cc1B(O)O.C[C@@H]1CC(=O)O[C@@H]1c1cc(C(F)(F)F)cc(C(F)(F)F)c1.OCc1cc(C(F)(F)F)ccc1Cl. The van der Waals surface area contributed by atoms with E-state index in [4.69, 9.17) is 73.6 Å². The van der Waals surface area contributed by atoms with Crippen LogP contribution in [0.25, 0.3) is 33.4 Å². The van der Waals surface area contributed by atoms with Gasteiger partial charge < -0.3 is 43.9 Å². The van der Waals surface area contributed by atoms with Crippen LogP contribution in [0.3, 0.4) is 0 Å². The average Bonchev–Trinajstić information content (AvgIpc) is 1.04. The number of carbonyl (C=O) groups excluding carboxylic acids is 1. The number of aryl methyl sites for hydroxylation is 1. The Kier molecular flexibility index (Phi) is 43.0. The number of alkyl halides is 17. The molecule has 9 aromatic rings. The van der Waals surface area contributed by atoms with Crippen molar-refractivity contribution in [2.45, 2.75) is 191 Å². The van der Waals surface area contributed by atoms with Crippen LogP contribution in [0.5, 0.6) is 23.0 Å². The van der Waals surface area contributed by atoms with Crippen molar-refractivity contribution >= 4 is 53.4 Å². The average molecular weight is 1810 g/mol. The Bertz CT molecular complexity index is 4860. The molecule has 0 bridgehead atoms. The number of aliphatic hydroxyl groups is 2. The van der Waals surface area contributed by atoms with Gasteiger partial charge in [0, 0.05) is 69.1 Å². The number of halogens is 22. The zero-order valence-corrected chi connectivity index (χ0v) is 68.2.